The van der Waals surface area contributed by atoms with Crippen LogP contribution in [-0.2, 0) is 16.9 Å². The molecule has 2 aromatic rings. The first-order valence-electron chi connectivity index (χ1n) is 10.1. The summed E-state index contributed by atoms with van der Waals surface area (Å²) in [7, 11) is 0. The van der Waals surface area contributed by atoms with Crippen LogP contribution in [0, 0.1) is 0 Å². The topological polar surface area (TPSA) is 69.6 Å². The summed E-state index contributed by atoms with van der Waals surface area (Å²) in [5.41, 5.74) is 2.05. The molecule has 1 radical (unpaired) electrons. The van der Waals surface area contributed by atoms with Crippen LogP contribution in [0.1, 0.15) is 53.6 Å². The Morgan fingerprint density at radius 3 is 2.33 bits per heavy atom. The average molecular weight is 420 g/mol. The van der Waals surface area contributed by atoms with Crippen LogP contribution in [0.5, 0.6) is 0 Å². The number of halogens is 1. The number of hydrogen-bond acceptors (Lipinski definition) is 3. The smallest absolute Gasteiger partial charge is 0.335 e. The van der Waals surface area contributed by atoms with Gasteiger partial charge in [-0.15, -0.1) is 0 Å². The third-order valence-electron chi connectivity index (χ3n) is 6.01. The van der Waals surface area contributed by atoms with Gasteiger partial charge in [-0.1, -0.05) is 42.3 Å². The number of nitrogens with one attached hydrogen (secondary N) is 1. The minimum atomic E-state index is -0.939. The SMILES string of the molecule is O=C(O)c1ccc(C2(NC(=O)[C@H]3CCCCN3Cc3ccc(Cl)cc3)CC2)cc1.[Li]. The van der Waals surface area contributed by atoms with Crippen LogP contribution in [0.15, 0.2) is 48.5 Å². The number of piperidine rings is 1. The summed E-state index contributed by atoms with van der Waals surface area (Å²) in [4.78, 5) is 26.5. The first-order valence-corrected chi connectivity index (χ1v) is 10.5. The Morgan fingerprint density at radius 1 is 1.07 bits per heavy atom. The second kappa shape index (κ2) is 9.57. The van der Waals surface area contributed by atoms with Crippen molar-refractivity contribution in [2.24, 2.45) is 0 Å². The molecule has 1 aliphatic carbocycles. The van der Waals surface area contributed by atoms with Crippen LogP contribution in [0.2, 0.25) is 5.02 Å². The van der Waals surface area contributed by atoms with Crippen molar-refractivity contribution in [1.82, 2.24) is 10.2 Å². The quantitative estimate of drug-likeness (QED) is 0.698. The van der Waals surface area contributed by atoms with E-state index < -0.39 is 5.97 Å². The van der Waals surface area contributed by atoms with Crippen molar-refractivity contribution in [2.75, 3.05) is 6.54 Å². The normalized spacial score (nSPS) is 20.1. The van der Waals surface area contributed by atoms with Crippen molar-refractivity contribution in [2.45, 2.75) is 50.2 Å². The van der Waals surface area contributed by atoms with E-state index in [2.05, 4.69) is 10.2 Å². The molecule has 2 fully saturated rings. The molecule has 4 rings (SSSR count). The predicted molar refractivity (Wildman–Crippen MR) is 118 cm³/mol. The van der Waals surface area contributed by atoms with E-state index in [1.165, 1.54) is 0 Å². The van der Waals surface area contributed by atoms with E-state index in [0.29, 0.717) is 5.02 Å². The van der Waals surface area contributed by atoms with Crippen LogP contribution in [0.3, 0.4) is 0 Å². The standard InChI is InChI=1S/C23H25ClN2O3.Li/c24-19-10-4-16(5-11-19)15-26-14-2-1-3-20(26)21(27)25-23(12-13-23)18-8-6-17(7-9-18)22(28)29;/h4-11,20H,1-3,12-15H2,(H,25,27)(H,28,29);/t20-;/m1./s1. The molecule has 2 aliphatic rings. The minimum absolute atomic E-state index is 0. The Bertz CT molecular complexity index is 898. The van der Waals surface area contributed by atoms with E-state index in [-0.39, 0.29) is 41.9 Å². The molecule has 0 spiro atoms. The Kier molecular flexibility index (Phi) is 7.31. The molecular weight excluding hydrogens is 395 g/mol. The number of amides is 1. The number of carboxylic acids is 1. The number of aromatic carboxylic acids is 1. The van der Waals surface area contributed by atoms with E-state index in [1.54, 1.807) is 12.1 Å². The van der Waals surface area contributed by atoms with Crippen LogP contribution in [0.4, 0.5) is 0 Å². The van der Waals surface area contributed by atoms with Gasteiger partial charge in [-0.2, -0.15) is 0 Å². The summed E-state index contributed by atoms with van der Waals surface area (Å²) in [5, 5.41) is 13.1. The van der Waals surface area contributed by atoms with Crippen molar-refractivity contribution >= 4 is 42.3 Å². The van der Waals surface area contributed by atoms with Gasteiger partial charge in [-0.25, -0.2) is 4.79 Å². The number of likely N-dealkylation sites (tertiary alicyclic amines) is 1. The Hall–Kier alpha value is -1.77. The monoisotopic (exact) mass is 419 g/mol. The van der Waals surface area contributed by atoms with Gasteiger partial charge in [0.05, 0.1) is 17.1 Å². The molecule has 1 saturated carbocycles. The molecule has 0 aromatic heterocycles. The van der Waals surface area contributed by atoms with Crippen LogP contribution in [0.25, 0.3) is 0 Å². The molecule has 0 bridgehead atoms. The van der Waals surface area contributed by atoms with E-state index in [1.807, 2.05) is 36.4 Å². The molecule has 2 N–H and O–H groups in total. The molecule has 0 unspecified atom stereocenters. The van der Waals surface area contributed by atoms with Crippen LogP contribution >= 0.6 is 11.6 Å². The second-order valence-electron chi connectivity index (χ2n) is 8.06. The molecule has 2 aromatic carbocycles. The van der Waals surface area contributed by atoms with Crippen molar-refractivity contribution in [3.8, 4) is 0 Å². The summed E-state index contributed by atoms with van der Waals surface area (Å²) in [6.07, 6.45) is 4.77. The number of rotatable bonds is 6. The van der Waals surface area contributed by atoms with Crippen molar-refractivity contribution < 1.29 is 14.7 Å². The van der Waals surface area contributed by atoms with Gasteiger partial charge in [-0.05, 0) is 67.6 Å². The zero-order valence-corrected chi connectivity index (χ0v) is 18.0. The van der Waals surface area contributed by atoms with Gasteiger partial charge in [-0.3, -0.25) is 9.69 Å². The van der Waals surface area contributed by atoms with E-state index in [0.717, 1.165) is 56.3 Å². The fourth-order valence-electron chi connectivity index (χ4n) is 4.16. The van der Waals surface area contributed by atoms with Gasteiger partial charge in [0.2, 0.25) is 5.91 Å². The van der Waals surface area contributed by atoms with E-state index in [9.17, 15) is 9.59 Å². The zero-order valence-electron chi connectivity index (χ0n) is 17.2. The number of carbonyl (C=O) groups excluding carboxylic acids is 1. The minimum Gasteiger partial charge on any atom is -0.478 e. The summed E-state index contributed by atoms with van der Waals surface area (Å²) < 4.78 is 0. The van der Waals surface area contributed by atoms with Gasteiger partial charge in [0, 0.05) is 30.4 Å². The molecule has 1 amide bonds. The van der Waals surface area contributed by atoms with Crippen molar-refractivity contribution in [3.05, 3.63) is 70.2 Å². The zero-order chi connectivity index (χ0) is 20.4. The van der Waals surface area contributed by atoms with Gasteiger partial charge < -0.3 is 10.4 Å². The Balaban J connectivity index is 0.00000256. The first-order chi connectivity index (χ1) is 14.0. The molecular formula is C23H25ClLiN2O3. The first kappa shape index (κ1) is 22.9. The largest absolute Gasteiger partial charge is 0.478 e. The number of nitrogens with zero attached hydrogens (tertiary/aromatic N) is 1. The van der Waals surface area contributed by atoms with Gasteiger partial charge in [0.25, 0.3) is 0 Å². The maximum Gasteiger partial charge on any atom is 0.335 e. The Labute approximate surface area is 194 Å². The fraction of sp³-hybridized carbons (Fsp3) is 0.391. The number of hydrogen-bond donors (Lipinski definition) is 2. The summed E-state index contributed by atoms with van der Waals surface area (Å²) in [5.74, 6) is -0.871. The summed E-state index contributed by atoms with van der Waals surface area (Å²) in [6, 6.07) is 14.5. The second-order valence-corrected chi connectivity index (χ2v) is 8.50. The number of benzene rings is 2. The number of carbonyl (C=O) groups is 2. The molecule has 5 nitrogen and oxygen atoms in total. The van der Waals surface area contributed by atoms with E-state index >= 15 is 0 Å². The molecule has 1 saturated heterocycles. The van der Waals surface area contributed by atoms with Gasteiger partial charge in [0.1, 0.15) is 0 Å². The summed E-state index contributed by atoms with van der Waals surface area (Å²) in [6.45, 7) is 1.64. The molecule has 30 heavy (non-hydrogen) atoms. The van der Waals surface area contributed by atoms with Gasteiger partial charge in [0.15, 0.2) is 0 Å². The molecule has 153 valence electrons. The van der Waals surface area contributed by atoms with Crippen molar-refractivity contribution in [3.63, 3.8) is 0 Å². The molecule has 1 atom stereocenters. The van der Waals surface area contributed by atoms with Crippen LogP contribution in [-0.4, -0.2) is 53.3 Å². The molecule has 1 heterocycles. The summed E-state index contributed by atoms with van der Waals surface area (Å²) >= 11 is 5.99. The average Bonchev–Trinajstić information content (AvgIpc) is 3.51. The predicted octanol–water partition coefficient (Wildman–Crippen LogP) is 3.82. The third-order valence-corrected chi connectivity index (χ3v) is 6.26. The Morgan fingerprint density at radius 2 is 1.73 bits per heavy atom. The van der Waals surface area contributed by atoms with Crippen LogP contribution < -0.4 is 5.32 Å². The van der Waals surface area contributed by atoms with E-state index in [4.69, 9.17) is 16.7 Å². The molecule has 7 heteroatoms. The maximum absolute atomic E-state index is 13.2. The molecule has 1 aliphatic heterocycles. The third kappa shape index (κ3) is 5.10. The van der Waals surface area contributed by atoms with Crippen molar-refractivity contribution in [1.29, 1.82) is 0 Å². The van der Waals surface area contributed by atoms with Gasteiger partial charge >= 0.3 is 5.97 Å². The maximum atomic E-state index is 13.2. The number of carboxylic acid groups (broad SMARTS) is 1. The fourth-order valence-corrected chi connectivity index (χ4v) is 4.29.